The number of rotatable bonds is 12. The minimum Gasteiger partial charge on any atom is -0.549 e. The van der Waals surface area contributed by atoms with Crippen molar-refractivity contribution in [2.45, 2.75) is 0 Å². The molecule has 0 aliphatic rings. The molecule has 29 heavy (non-hydrogen) atoms. The molecule has 0 aromatic carbocycles. The minimum atomic E-state index is -1.26. The molecule has 0 fully saturated rings. The van der Waals surface area contributed by atoms with Crippen LogP contribution in [0.3, 0.4) is 0 Å². The zero-order chi connectivity index (χ0) is 22.8. The van der Waals surface area contributed by atoms with E-state index in [0.717, 1.165) is 0 Å². The third-order valence-corrected chi connectivity index (χ3v) is 1.52. The maximum Gasteiger partial charge on any atom is 4.00 e. The van der Waals surface area contributed by atoms with Gasteiger partial charge in [0.05, 0.1) is 97.5 Å². The van der Waals surface area contributed by atoms with Gasteiger partial charge in [0.25, 0.3) is 0 Å². The van der Waals surface area contributed by atoms with E-state index in [4.69, 9.17) is 0 Å². The Balaban J connectivity index is -0.0000000873. The summed E-state index contributed by atoms with van der Waals surface area (Å²) < 4.78 is 14.6. The Hall–Kier alpha value is -0.397. The summed E-state index contributed by atoms with van der Waals surface area (Å²) in [6.45, 7) is -1.60. The van der Waals surface area contributed by atoms with Crippen molar-refractivity contribution in [3.05, 3.63) is 0 Å². The van der Waals surface area contributed by atoms with Gasteiger partial charge in [-0.3, -0.25) is 0 Å². The van der Waals surface area contributed by atoms with Gasteiger partial charge in [0, 0.05) is 0 Å². The van der Waals surface area contributed by atoms with E-state index in [-0.39, 0.29) is 26.2 Å². The van der Waals surface area contributed by atoms with Crippen LogP contribution < -0.4 is 42.3 Å². The molecule has 21 heteroatoms. The third kappa shape index (κ3) is 74.3. The van der Waals surface area contributed by atoms with E-state index in [1.807, 2.05) is 21.9 Å². The first-order chi connectivity index (χ1) is 13.1. The number of nitrogens with one attached hydrogen (secondary N) is 4. The molecule has 4 N–H and O–H groups in total. The van der Waals surface area contributed by atoms with E-state index in [1.165, 1.54) is 0 Å². The molecule has 0 heterocycles. The maximum atomic E-state index is 9.45. The summed E-state index contributed by atoms with van der Waals surface area (Å²) >= 11 is 18.2. The zero-order valence-electron chi connectivity index (χ0n) is 13.7. The number of carboxylic acid groups (broad SMARTS) is 4. The smallest absolute Gasteiger partial charge is 0.549 e. The normalized spacial score (nSPS) is 8.41. The van der Waals surface area contributed by atoms with Crippen LogP contribution in [0.4, 0.5) is 0 Å². The molecule has 0 aromatic rings. The van der Waals surface area contributed by atoms with E-state index in [0.29, 0.717) is 0 Å². The second-order valence-corrected chi connectivity index (χ2v) is 3.70. The van der Waals surface area contributed by atoms with Crippen LogP contribution in [0.2, 0.25) is 0 Å². The number of hydrogen-bond acceptors (Lipinski definition) is 16. The Kier molecular flexibility index (Phi) is 47.3. The summed E-state index contributed by atoms with van der Waals surface area (Å²) in [7, 11) is 0. The van der Waals surface area contributed by atoms with Crippen LogP contribution >= 0.6 is 47.5 Å². The molecule has 0 aliphatic carbocycles. The molecule has 0 saturated heterocycles. The SMILES string of the molecule is O=C([O-])CNOCl.O=C([O-])CNOCl.O=C([O-])CNOCl.O=C([O-])CNOCl.[Zr+4]. The Morgan fingerprint density at radius 3 is 0.690 bits per heavy atom. The molecule has 168 valence electrons. The van der Waals surface area contributed by atoms with Crippen molar-refractivity contribution in [3.63, 3.8) is 0 Å². The van der Waals surface area contributed by atoms with Gasteiger partial charge < -0.3 is 39.6 Å². The van der Waals surface area contributed by atoms with Crippen LogP contribution in [-0.2, 0) is 62.9 Å². The van der Waals surface area contributed by atoms with Crippen molar-refractivity contribution in [3.8, 4) is 0 Å². The quantitative estimate of drug-likeness (QED) is 0.155. The first-order valence-electron chi connectivity index (χ1n) is 5.90. The van der Waals surface area contributed by atoms with Crippen LogP contribution in [0.15, 0.2) is 0 Å². The molecule has 0 saturated carbocycles. The Morgan fingerprint density at radius 2 is 0.655 bits per heavy atom. The molecular formula is C8H12Cl4N4O12Zr. The van der Waals surface area contributed by atoms with E-state index < -0.39 is 50.1 Å². The second-order valence-electron chi connectivity index (χ2n) is 3.08. The van der Waals surface area contributed by atoms with Crippen LogP contribution in [0.1, 0.15) is 0 Å². The van der Waals surface area contributed by atoms with E-state index in [2.05, 4.69) is 65.0 Å². The summed E-state index contributed by atoms with van der Waals surface area (Å²) in [5.41, 5.74) is 7.40. The fourth-order valence-corrected chi connectivity index (χ4v) is 0.563. The van der Waals surface area contributed by atoms with Crippen LogP contribution in [0.5, 0.6) is 0 Å². The molecule has 0 radical (unpaired) electrons. The summed E-state index contributed by atoms with van der Waals surface area (Å²) in [6.07, 6.45) is 0. The molecule has 0 aromatic heterocycles. The molecule has 0 unspecified atom stereocenters. The summed E-state index contributed by atoms with van der Waals surface area (Å²) in [5.74, 6) is -5.05. The molecule has 0 atom stereocenters. The van der Waals surface area contributed by atoms with Gasteiger partial charge >= 0.3 is 26.2 Å². The third-order valence-electron chi connectivity index (χ3n) is 1.08. The number of aliphatic carboxylic acids is 4. The number of carbonyl (C=O) groups excluding carboxylic acids is 4. The second kappa shape index (κ2) is 35.1. The molecule has 0 bridgehead atoms. The zero-order valence-corrected chi connectivity index (χ0v) is 19.2. The van der Waals surface area contributed by atoms with Crippen molar-refractivity contribution < 1.29 is 83.4 Å². The standard InChI is InChI=1S/4C2H4ClNO3.Zr/c4*3-7-4-1-2(5)6;/h4*4H,1H2,(H,5,6);/q;;;;+4/p-4. The van der Waals surface area contributed by atoms with Gasteiger partial charge in [0.15, 0.2) is 0 Å². The van der Waals surface area contributed by atoms with E-state index in [9.17, 15) is 39.6 Å². The molecule has 0 aliphatic heterocycles. The average molecular weight is 589 g/mol. The first kappa shape index (κ1) is 39.1. The monoisotopic (exact) mass is 586 g/mol. The Morgan fingerprint density at radius 1 is 0.517 bits per heavy atom. The predicted molar refractivity (Wildman–Crippen MR) is 79.8 cm³/mol. The van der Waals surface area contributed by atoms with Gasteiger partial charge in [-0.15, -0.1) is 0 Å². The molecule has 0 amide bonds. The minimum absolute atomic E-state index is 0. The largest absolute Gasteiger partial charge is 4.00 e. The van der Waals surface area contributed by atoms with Gasteiger partial charge in [0.2, 0.25) is 0 Å². The molecular weight excluding hydrogens is 577 g/mol. The average Bonchev–Trinajstić information content (AvgIpc) is 2.62. The van der Waals surface area contributed by atoms with Gasteiger partial charge in [0.1, 0.15) is 0 Å². The van der Waals surface area contributed by atoms with Gasteiger partial charge in [-0.25, -0.2) is 0 Å². The predicted octanol–water partition coefficient (Wildman–Crippen LogP) is -6.36. The molecule has 16 nitrogen and oxygen atoms in total. The van der Waals surface area contributed by atoms with Gasteiger partial charge in [-0.05, 0) is 0 Å². The summed E-state index contributed by atoms with van der Waals surface area (Å²) in [4.78, 5) is 37.8. The Bertz CT molecular complexity index is 342. The number of hydroxylamine groups is 4. The fraction of sp³-hybridized carbons (Fsp3) is 0.500. The van der Waals surface area contributed by atoms with Crippen molar-refractivity contribution in [2.24, 2.45) is 0 Å². The summed E-state index contributed by atoms with van der Waals surface area (Å²) in [6, 6.07) is 0. The van der Waals surface area contributed by atoms with E-state index >= 15 is 0 Å². The van der Waals surface area contributed by atoms with Gasteiger partial charge in [-0.2, -0.15) is 39.5 Å². The van der Waals surface area contributed by atoms with Crippen molar-refractivity contribution in [1.29, 1.82) is 0 Å². The van der Waals surface area contributed by atoms with Crippen molar-refractivity contribution >= 4 is 71.3 Å². The topological polar surface area (TPSA) is 246 Å². The Labute approximate surface area is 202 Å². The van der Waals surface area contributed by atoms with Crippen LogP contribution in [0, 0.1) is 0 Å². The number of hydrogen-bond donors (Lipinski definition) is 4. The van der Waals surface area contributed by atoms with Crippen molar-refractivity contribution in [2.75, 3.05) is 26.2 Å². The summed E-state index contributed by atoms with van der Waals surface area (Å²) in [5, 5.41) is 37.8. The maximum absolute atomic E-state index is 9.45. The van der Waals surface area contributed by atoms with Gasteiger partial charge in [-0.1, -0.05) is 0 Å². The number of carboxylic acids is 4. The molecule has 0 rings (SSSR count). The van der Waals surface area contributed by atoms with E-state index in [1.54, 1.807) is 0 Å². The fourth-order valence-electron chi connectivity index (χ4n) is 0.345. The van der Waals surface area contributed by atoms with Crippen molar-refractivity contribution in [1.82, 2.24) is 21.9 Å². The number of carbonyl (C=O) groups is 4. The van der Waals surface area contributed by atoms with Crippen LogP contribution in [-0.4, -0.2) is 50.1 Å². The van der Waals surface area contributed by atoms with Crippen LogP contribution in [0.25, 0.3) is 0 Å². The number of halogens is 4. The first-order valence-corrected chi connectivity index (χ1v) is 7.13. The molecule has 0 spiro atoms.